The fourth-order valence-corrected chi connectivity index (χ4v) is 2.47. The Morgan fingerprint density at radius 2 is 1.88 bits per heavy atom. The molecule has 0 bridgehead atoms. The van der Waals surface area contributed by atoms with Gasteiger partial charge in [-0.3, -0.25) is 4.99 Å². The van der Waals surface area contributed by atoms with E-state index < -0.39 is 11.9 Å². The summed E-state index contributed by atoms with van der Waals surface area (Å²) in [5, 5.41) is 3.10. The lowest BCUT2D eigenvalue weighted by Crippen LogP contribution is -2.25. The highest BCUT2D eigenvalue weighted by Crippen LogP contribution is 2.30. The van der Waals surface area contributed by atoms with E-state index in [9.17, 15) is 13.2 Å². The first-order valence-corrected chi connectivity index (χ1v) is 6.14. The molecule has 96 valence electrons. The summed E-state index contributed by atoms with van der Waals surface area (Å²) in [7, 11) is 0. The predicted octanol–water partition coefficient (Wildman–Crippen LogP) is 3.06. The SMILES string of the molecule is FC(F)(F)C1=NCCNC(C2CCCCC2)=C1. The number of nitrogens with one attached hydrogen (secondary N) is 1. The quantitative estimate of drug-likeness (QED) is 0.755. The smallest absolute Gasteiger partial charge is 0.386 e. The van der Waals surface area contributed by atoms with Crippen LogP contribution in [0.5, 0.6) is 0 Å². The molecule has 2 aliphatic rings. The van der Waals surface area contributed by atoms with E-state index in [0.29, 0.717) is 6.54 Å². The van der Waals surface area contributed by atoms with Crippen LogP contribution >= 0.6 is 0 Å². The topological polar surface area (TPSA) is 24.4 Å². The molecular weight excluding hydrogens is 229 g/mol. The van der Waals surface area contributed by atoms with Crippen molar-refractivity contribution in [3.8, 4) is 0 Å². The lowest BCUT2D eigenvalue weighted by Gasteiger charge is -2.25. The summed E-state index contributed by atoms with van der Waals surface area (Å²) in [6.45, 7) is 0.698. The second-order valence-electron chi connectivity index (χ2n) is 4.63. The Balaban J connectivity index is 2.15. The Kier molecular flexibility index (Phi) is 3.74. The molecule has 0 radical (unpaired) electrons. The van der Waals surface area contributed by atoms with E-state index in [4.69, 9.17) is 0 Å². The second kappa shape index (κ2) is 5.10. The van der Waals surface area contributed by atoms with Crippen LogP contribution in [0.25, 0.3) is 0 Å². The number of hydrogen-bond acceptors (Lipinski definition) is 2. The zero-order chi connectivity index (χ0) is 12.3. The van der Waals surface area contributed by atoms with Gasteiger partial charge in [0.1, 0.15) is 5.71 Å². The second-order valence-corrected chi connectivity index (χ2v) is 4.63. The van der Waals surface area contributed by atoms with Crippen LogP contribution < -0.4 is 5.32 Å². The van der Waals surface area contributed by atoms with Crippen molar-refractivity contribution in [1.82, 2.24) is 5.32 Å². The van der Waals surface area contributed by atoms with Crippen LogP contribution in [0, 0.1) is 5.92 Å². The molecule has 2 nitrogen and oxygen atoms in total. The normalized spacial score (nSPS) is 23.5. The van der Waals surface area contributed by atoms with Crippen LogP contribution in [0.4, 0.5) is 13.2 Å². The molecule has 0 atom stereocenters. The molecule has 0 aromatic heterocycles. The molecule has 5 heteroatoms. The Morgan fingerprint density at radius 3 is 2.53 bits per heavy atom. The Morgan fingerprint density at radius 1 is 1.18 bits per heavy atom. The van der Waals surface area contributed by atoms with Crippen LogP contribution in [0.2, 0.25) is 0 Å². The van der Waals surface area contributed by atoms with Gasteiger partial charge in [-0.2, -0.15) is 13.2 Å². The monoisotopic (exact) mass is 246 g/mol. The summed E-state index contributed by atoms with van der Waals surface area (Å²) in [6, 6.07) is 0. The van der Waals surface area contributed by atoms with Crippen molar-refractivity contribution in [2.24, 2.45) is 10.9 Å². The van der Waals surface area contributed by atoms with E-state index in [2.05, 4.69) is 10.3 Å². The zero-order valence-electron chi connectivity index (χ0n) is 9.69. The summed E-state index contributed by atoms with van der Waals surface area (Å²) in [6.07, 6.45) is 2.29. The molecule has 0 saturated heterocycles. The summed E-state index contributed by atoms with van der Waals surface area (Å²) in [5.41, 5.74) is 0.00125. The lowest BCUT2D eigenvalue weighted by molar-refractivity contribution is -0.0578. The van der Waals surface area contributed by atoms with Gasteiger partial charge < -0.3 is 5.32 Å². The molecule has 1 fully saturated rings. The van der Waals surface area contributed by atoms with E-state index in [0.717, 1.165) is 31.4 Å². The number of hydrogen-bond donors (Lipinski definition) is 1. The van der Waals surface area contributed by atoms with Crippen LogP contribution in [-0.4, -0.2) is 25.0 Å². The van der Waals surface area contributed by atoms with Crippen molar-refractivity contribution in [3.05, 3.63) is 11.8 Å². The van der Waals surface area contributed by atoms with Crippen molar-refractivity contribution < 1.29 is 13.2 Å². The lowest BCUT2D eigenvalue weighted by atomic mass is 9.86. The Labute approximate surface area is 99.0 Å². The van der Waals surface area contributed by atoms with Gasteiger partial charge in [-0.15, -0.1) is 0 Å². The molecule has 17 heavy (non-hydrogen) atoms. The number of rotatable bonds is 1. The third-order valence-corrected chi connectivity index (χ3v) is 3.35. The predicted molar refractivity (Wildman–Crippen MR) is 61.0 cm³/mol. The molecule has 1 heterocycles. The summed E-state index contributed by atoms with van der Waals surface area (Å²) in [4.78, 5) is 3.59. The van der Waals surface area contributed by atoms with Gasteiger partial charge in [0, 0.05) is 12.2 Å². The molecule has 0 spiro atoms. The third kappa shape index (κ3) is 3.23. The molecule has 1 N–H and O–H groups in total. The minimum absolute atomic E-state index is 0.196. The van der Waals surface area contributed by atoms with E-state index in [-0.39, 0.29) is 12.5 Å². The van der Waals surface area contributed by atoms with Crippen molar-refractivity contribution >= 4 is 5.71 Å². The Bertz CT molecular complexity index is 325. The molecule has 0 aromatic rings. The molecule has 0 amide bonds. The maximum absolute atomic E-state index is 12.7. The van der Waals surface area contributed by atoms with E-state index in [1.54, 1.807) is 0 Å². The number of aliphatic imine (C=N–C) groups is 1. The maximum atomic E-state index is 12.7. The highest BCUT2D eigenvalue weighted by Gasteiger charge is 2.35. The highest BCUT2D eigenvalue weighted by atomic mass is 19.4. The molecule has 1 saturated carbocycles. The van der Waals surface area contributed by atoms with Crippen molar-refractivity contribution in [1.29, 1.82) is 0 Å². The molecular formula is C12H17F3N2. The van der Waals surface area contributed by atoms with Gasteiger partial charge in [0.2, 0.25) is 0 Å². The van der Waals surface area contributed by atoms with Gasteiger partial charge in [0.05, 0.1) is 6.54 Å². The van der Waals surface area contributed by atoms with Gasteiger partial charge in [-0.1, -0.05) is 19.3 Å². The first kappa shape index (κ1) is 12.5. The Hall–Kier alpha value is -1.00. The van der Waals surface area contributed by atoms with Gasteiger partial charge in [-0.25, -0.2) is 0 Å². The van der Waals surface area contributed by atoms with Crippen molar-refractivity contribution in [2.45, 2.75) is 38.3 Å². The molecule has 1 aliphatic heterocycles. The van der Waals surface area contributed by atoms with Crippen LogP contribution in [0.3, 0.4) is 0 Å². The van der Waals surface area contributed by atoms with Crippen molar-refractivity contribution in [2.75, 3.05) is 13.1 Å². The summed E-state index contributed by atoms with van der Waals surface area (Å²) in [5.74, 6) is 0.259. The molecule has 0 unspecified atom stereocenters. The minimum Gasteiger partial charge on any atom is -0.386 e. The van der Waals surface area contributed by atoms with Gasteiger partial charge in [0.25, 0.3) is 0 Å². The van der Waals surface area contributed by atoms with Crippen LogP contribution in [0.1, 0.15) is 32.1 Å². The third-order valence-electron chi connectivity index (χ3n) is 3.35. The van der Waals surface area contributed by atoms with Crippen LogP contribution in [-0.2, 0) is 0 Å². The molecule has 1 aliphatic carbocycles. The largest absolute Gasteiger partial charge is 0.432 e. The van der Waals surface area contributed by atoms with Crippen molar-refractivity contribution in [3.63, 3.8) is 0 Å². The first-order valence-electron chi connectivity index (χ1n) is 6.14. The maximum Gasteiger partial charge on any atom is 0.432 e. The van der Waals surface area contributed by atoms with E-state index in [1.807, 2.05) is 0 Å². The molecule has 0 aromatic carbocycles. The van der Waals surface area contributed by atoms with Gasteiger partial charge in [0.15, 0.2) is 0 Å². The fourth-order valence-electron chi connectivity index (χ4n) is 2.47. The number of alkyl halides is 3. The minimum atomic E-state index is -4.33. The standard InChI is InChI=1S/C12H17F3N2/c13-12(14,15)11-8-10(16-6-7-17-11)9-4-2-1-3-5-9/h8-9,16H,1-7H2. The first-order chi connectivity index (χ1) is 8.07. The number of allylic oxidation sites excluding steroid dienone is 2. The average molecular weight is 246 g/mol. The van der Waals surface area contributed by atoms with E-state index >= 15 is 0 Å². The highest BCUT2D eigenvalue weighted by molar-refractivity contribution is 6.00. The summed E-state index contributed by atoms with van der Waals surface area (Å²) < 4.78 is 38.0. The van der Waals surface area contributed by atoms with Gasteiger partial charge >= 0.3 is 6.18 Å². The average Bonchev–Trinajstić information content (AvgIpc) is 2.55. The van der Waals surface area contributed by atoms with Crippen LogP contribution in [0.15, 0.2) is 16.8 Å². The summed E-state index contributed by atoms with van der Waals surface area (Å²) >= 11 is 0. The van der Waals surface area contributed by atoms with E-state index in [1.165, 1.54) is 12.5 Å². The number of halogens is 3. The zero-order valence-corrected chi connectivity index (χ0v) is 9.69. The van der Waals surface area contributed by atoms with Gasteiger partial charge in [-0.05, 0) is 24.8 Å². The number of nitrogens with zero attached hydrogens (tertiary/aromatic N) is 1. The fraction of sp³-hybridized carbons (Fsp3) is 0.750. The molecule has 2 rings (SSSR count).